The Morgan fingerprint density at radius 2 is 1.97 bits per heavy atom. The molecular formula is C19H13ClF3NO4S. The van der Waals surface area contributed by atoms with Gasteiger partial charge in [0.2, 0.25) is 0 Å². The van der Waals surface area contributed by atoms with Gasteiger partial charge in [0.15, 0.2) is 0 Å². The van der Waals surface area contributed by atoms with Crippen molar-refractivity contribution in [3.63, 3.8) is 0 Å². The fourth-order valence-electron chi connectivity index (χ4n) is 2.75. The zero-order valence-corrected chi connectivity index (χ0v) is 16.3. The van der Waals surface area contributed by atoms with Gasteiger partial charge in [0.1, 0.15) is 5.75 Å². The molecule has 10 heteroatoms. The number of benzene rings is 2. The van der Waals surface area contributed by atoms with Crippen LogP contribution in [0, 0.1) is 0 Å². The number of carbonyl (C=O) groups is 1. The van der Waals surface area contributed by atoms with E-state index in [1.807, 2.05) is 0 Å². The topological polar surface area (TPSA) is 79.4 Å². The second kappa shape index (κ2) is 8.00. The third-order valence-electron chi connectivity index (χ3n) is 4.09. The number of phenolic OH excluding ortho intramolecular Hbond substituents is 1. The van der Waals surface area contributed by atoms with Crippen molar-refractivity contribution in [3.05, 3.63) is 57.3 Å². The molecule has 1 heterocycles. The number of methoxy groups -OCH3 is 1. The maximum Gasteiger partial charge on any atom is 0.416 e. The molecule has 152 valence electrons. The highest BCUT2D eigenvalue weighted by Crippen LogP contribution is 2.42. The number of pyridine rings is 1. The van der Waals surface area contributed by atoms with Gasteiger partial charge < -0.3 is 14.8 Å². The number of carbonyl (C=O) groups excluding carboxylic acids is 1. The van der Waals surface area contributed by atoms with Gasteiger partial charge in [0, 0.05) is 27.1 Å². The first-order chi connectivity index (χ1) is 13.6. The minimum Gasteiger partial charge on any atom is -0.507 e. The predicted octanol–water partition coefficient (Wildman–Crippen LogP) is 4.84. The number of phenols is 1. The summed E-state index contributed by atoms with van der Waals surface area (Å²) >= 11 is 6.80. The van der Waals surface area contributed by atoms with Gasteiger partial charge in [-0.3, -0.25) is 9.59 Å². The van der Waals surface area contributed by atoms with Gasteiger partial charge in [-0.15, -0.1) is 11.8 Å². The molecule has 0 atom stereocenters. The first-order valence-corrected chi connectivity index (χ1v) is 9.44. The maximum absolute atomic E-state index is 13.3. The van der Waals surface area contributed by atoms with Crippen molar-refractivity contribution >= 4 is 40.2 Å². The molecule has 3 aromatic rings. The van der Waals surface area contributed by atoms with Crippen LogP contribution < -0.4 is 5.56 Å². The second-order valence-electron chi connectivity index (χ2n) is 5.94. The van der Waals surface area contributed by atoms with Gasteiger partial charge >= 0.3 is 12.1 Å². The van der Waals surface area contributed by atoms with Gasteiger partial charge in [-0.2, -0.15) is 13.2 Å². The van der Waals surface area contributed by atoms with E-state index in [1.54, 1.807) is 0 Å². The van der Waals surface area contributed by atoms with Crippen LogP contribution in [0.25, 0.3) is 22.0 Å². The predicted molar refractivity (Wildman–Crippen MR) is 104 cm³/mol. The Labute approximate surface area is 171 Å². The van der Waals surface area contributed by atoms with Crippen molar-refractivity contribution in [2.24, 2.45) is 0 Å². The molecule has 0 saturated carbocycles. The largest absolute Gasteiger partial charge is 0.507 e. The lowest BCUT2D eigenvalue weighted by Gasteiger charge is -2.15. The standard InChI is InChI=1S/C19H13ClF3NO4S/c1-28-15(26)8-29-17-16(12-7-10(20)3-5-14(12)25)11-6-9(19(21,22)23)2-4-13(11)24-18(17)27/h2-7,25H,8H2,1H3,(H,24,27). The number of esters is 1. The smallest absolute Gasteiger partial charge is 0.416 e. The third-order valence-corrected chi connectivity index (χ3v) is 5.38. The molecule has 3 rings (SSSR count). The number of H-pyrrole nitrogens is 1. The Kier molecular flexibility index (Phi) is 5.81. The van der Waals surface area contributed by atoms with Crippen LogP contribution in [0.5, 0.6) is 5.75 Å². The van der Waals surface area contributed by atoms with Crippen molar-refractivity contribution < 1.29 is 27.8 Å². The first kappa shape index (κ1) is 21.1. The molecule has 0 bridgehead atoms. The lowest BCUT2D eigenvalue weighted by Crippen LogP contribution is -2.14. The van der Waals surface area contributed by atoms with Crippen LogP contribution in [-0.2, 0) is 15.7 Å². The van der Waals surface area contributed by atoms with Crippen LogP contribution >= 0.6 is 23.4 Å². The number of aromatic amines is 1. The summed E-state index contributed by atoms with van der Waals surface area (Å²) in [5.41, 5.74) is -1.30. The third kappa shape index (κ3) is 4.35. The zero-order valence-electron chi connectivity index (χ0n) is 14.8. The average Bonchev–Trinajstić information content (AvgIpc) is 2.66. The quantitative estimate of drug-likeness (QED) is 0.445. The average molecular weight is 444 g/mol. The van der Waals surface area contributed by atoms with Gasteiger partial charge in [-0.25, -0.2) is 0 Å². The number of aromatic nitrogens is 1. The summed E-state index contributed by atoms with van der Waals surface area (Å²) in [4.78, 5) is 26.7. The number of aromatic hydroxyl groups is 1. The monoisotopic (exact) mass is 443 g/mol. The van der Waals surface area contributed by atoms with E-state index in [0.717, 1.165) is 30.0 Å². The number of nitrogens with one attached hydrogen (secondary N) is 1. The van der Waals surface area contributed by atoms with Gasteiger partial charge in [0.25, 0.3) is 5.56 Å². The highest BCUT2D eigenvalue weighted by Gasteiger charge is 2.31. The van der Waals surface area contributed by atoms with E-state index in [4.69, 9.17) is 11.6 Å². The summed E-state index contributed by atoms with van der Waals surface area (Å²) in [5.74, 6) is -1.16. The number of hydrogen-bond acceptors (Lipinski definition) is 5. The summed E-state index contributed by atoms with van der Waals surface area (Å²) in [7, 11) is 1.17. The Bertz CT molecular complexity index is 1160. The fourth-order valence-corrected chi connectivity index (χ4v) is 3.85. The van der Waals surface area contributed by atoms with E-state index in [1.165, 1.54) is 25.3 Å². The van der Waals surface area contributed by atoms with Crippen molar-refractivity contribution in [1.82, 2.24) is 4.98 Å². The minimum absolute atomic E-state index is 0.0419. The second-order valence-corrected chi connectivity index (χ2v) is 7.36. The molecule has 2 aromatic carbocycles. The fraction of sp³-hybridized carbons (Fsp3) is 0.158. The van der Waals surface area contributed by atoms with E-state index in [9.17, 15) is 27.9 Å². The van der Waals surface area contributed by atoms with E-state index >= 15 is 0 Å². The number of alkyl halides is 3. The summed E-state index contributed by atoms with van der Waals surface area (Å²) in [6, 6.07) is 6.88. The van der Waals surface area contributed by atoms with Crippen LogP contribution in [0.1, 0.15) is 5.56 Å². The number of hydrogen-bond donors (Lipinski definition) is 2. The zero-order chi connectivity index (χ0) is 21.3. The van der Waals surface area contributed by atoms with E-state index in [-0.39, 0.29) is 43.5 Å². The van der Waals surface area contributed by atoms with E-state index < -0.39 is 23.3 Å². The minimum atomic E-state index is -4.61. The van der Waals surface area contributed by atoms with Crippen LogP contribution in [0.2, 0.25) is 5.02 Å². The SMILES string of the molecule is COC(=O)CSc1c(-c2cc(Cl)ccc2O)c2cc(C(F)(F)F)ccc2[nH]c1=O. The van der Waals surface area contributed by atoms with Crippen LogP contribution in [0.3, 0.4) is 0 Å². The van der Waals surface area contributed by atoms with Gasteiger partial charge in [-0.05, 0) is 36.4 Å². The summed E-state index contributed by atoms with van der Waals surface area (Å²) in [6.07, 6.45) is -4.61. The van der Waals surface area contributed by atoms with Crippen LogP contribution in [-0.4, -0.2) is 28.9 Å². The lowest BCUT2D eigenvalue weighted by molar-refractivity contribution is -0.138. The number of thioether (sulfide) groups is 1. The number of rotatable bonds is 4. The Hall–Kier alpha value is -2.65. The first-order valence-electron chi connectivity index (χ1n) is 8.07. The molecule has 29 heavy (non-hydrogen) atoms. The Morgan fingerprint density at radius 1 is 1.24 bits per heavy atom. The molecule has 0 saturated heterocycles. The Balaban J connectivity index is 2.38. The normalized spacial score (nSPS) is 11.6. The molecule has 5 nitrogen and oxygen atoms in total. The number of fused-ring (bicyclic) bond motifs is 1. The number of halogens is 4. The molecule has 0 aliphatic rings. The molecule has 0 radical (unpaired) electrons. The number of ether oxygens (including phenoxy) is 1. The Morgan fingerprint density at radius 3 is 2.62 bits per heavy atom. The molecule has 2 N–H and O–H groups in total. The molecule has 1 aromatic heterocycles. The van der Waals surface area contributed by atoms with Crippen molar-refractivity contribution in [2.75, 3.05) is 12.9 Å². The highest BCUT2D eigenvalue weighted by atomic mass is 35.5. The van der Waals surface area contributed by atoms with E-state index in [2.05, 4.69) is 9.72 Å². The molecule has 0 aliphatic carbocycles. The van der Waals surface area contributed by atoms with E-state index in [0.29, 0.717) is 0 Å². The summed E-state index contributed by atoms with van der Waals surface area (Å²) in [6.45, 7) is 0. The molecule has 0 amide bonds. The van der Waals surface area contributed by atoms with Crippen LogP contribution in [0.4, 0.5) is 13.2 Å². The molecular weight excluding hydrogens is 431 g/mol. The molecule has 0 unspecified atom stereocenters. The molecule has 0 fully saturated rings. The van der Waals surface area contributed by atoms with Crippen molar-refractivity contribution in [1.29, 1.82) is 0 Å². The van der Waals surface area contributed by atoms with Gasteiger partial charge in [0.05, 0.1) is 23.3 Å². The van der Waals surface area contributed by atoms with Crippen LogP contribution in [0.15, 0.2) is 46.1 Å². The molecule has 0 aliphatic heterocycles. The van der Waals surface area contributed by atoms with Crippen molar-refractivity contribution in [2.45, 2.75) is 11.1 Å². The summed E-state index contributed by atoms with van der Waals surface area (Å²) < 4.78 is 44.4. The molecule has 0 spiro atoms. The van der Waals surface area contributed by atoms with Gasteiger partial charge in [-0.1, -0.05) is 11.6 Å². The highest BCUT2D eigenvalue weighted by molar-refractivity contribution is 8.00. The lowest BCUT2D eigenvalue weighted by atomic mass is 9.98. The summed E-state index contributed by atoms with van der Waals surface area (Å²) in [5, 5.41) is 10.6. The maximum atomic E-state index is 13.3. The van der Waals surface area contributed by atoms with Crippen molar-refractivity contribution in [3.8, 4) is 16.9 Å².